The number of benzene rings is 1. The van der Waals surface area contributed by atoms with Crippen molar-refractivity contribution in [2.24, 2.45) is 5.92 Å². The summed E-state index contributed by atoms with van der Waals surface area (Å²) in [6, 6.07) is 19.9. The van der Waals surface area contributed by atoms with Gasteiger partial charge in [-0.1, -0.05) is 36.4 Å². The molecule has 2 aliphatic heterocycles. The summed E-state index contributed by atoms with van der Waals surface area (Å²) in [5, 5.41) is 12.9. The maximum absolute atomic E-state index is 14.2. The van der Waals surface area contributed by atoms with Crippen LogP contribution in [0.5, 0.6) is 0 Å². The van der Waals surface area contributed by atoms with Crippen LogP contribution in [0.25, 0.3) is 27.4 Å². The Hall–Kier alpha value is -5.44. The van der Waals surface area contributed by atoms with Gasteiger partial charge >= 0.3 is 0 Å². The van der Waals surface area contributed by atoms with Crippen LogP contribution in [0.4, 0.5) is 0 Å². The van der Waals surface area contributed by atoms with E-state index in [1.54, 1.807) is 52.6 Å². The number of aromatic nitrogens is 6. The SMILES string of the molecule is O=C([C@@H]1CCN(Cc2cnc(-c3ccc(=O)[nH]c3)s2)C[C@H]1c1ccccc1)N1CCC(O)(Cn2cnc3c(ccn3-c3cccc(=O)[nH]3)c2=O)CC1. The van der Waals surface area contributed by atoms with Gasteiger partial charge in [0, 0.05) is 79.2 Å². The van der Waals surface area contributed by atoms with Gasteiger partial charge in [-0.25, -0.2) is 9.97 Å². The number of hydrogen-bond acceptors (Lipinski definition) is 9. The zero-order chi connectivity index (χ0) is 35.8. The van der Waals surface area contributed by atoms with E-state index in [1.807, 2.05) is 29.3 Å². The fraction of sp³-hybridized carbons (Fsp3) is 0.316. The van der Waals surface area contributed by atoms with E-state index in [4.69, 9.17) is 0 Å². The molecule has 1 amide bonds. The second kappa shape index (κ2) is 13.9. The molecular formula is C38H38N8O5S. The molecule has 8 rings (SSSR count). The average Bonchev–Trinajstić information content (AvgIpc) is 3.82. The predicted octanol–water partition coefficient (Wildman–Crippen LogP) is 3.35. The van der Waals surface area contributed by atoms with Crippen molar-refractivity contribution in [3.63, 3.8) is 0 Å². The molecule has 0 bridgehead atoms. The van der Waals surface area contributed by atoms with Gasteiger partial charge in [-0.3, -0.25) is 33.2 Å². The van der Waals surface area contributed by atoms with Gasteiger partial charge in [-0.15, -0.1) is 11.3 Å². The first-order valence-electron chi connectivity index (χ1n) is 17.4. The summed E-state index contributed by atoms with van der Waals surface area (Å²) in [5.41, 5.74) is 0.561. The molecule has 2 fully saturated rings. The normalized spacial score (nSPS) is 19.2. The van der Waals surface area contributed by atoms with Gasteiger partial charge in [0.05, 0.1) is 17.5 Å². The Balaban J connectivity index is 0.932. The standard InChI is InChI=1S/C38H38N8O5S/c47-32-10-9-26(19-39-32)35-40-20-27(52-35)21-43-15-11-28(30(22-43)25-5-2-1-3-6-25)36(49)44-17-13-38(51,14-18-44)23-45-24-41-34-29(37(45)50)12-16-46(34)31-7-4-8-33(48)42-31/h1-10,12,16,19-20,24,28,30,51H,11,13-15,17-18,21-23H2,(H,39,47)(H,42,48)/t28-,30+/m1/s1. The van der Waals surface area contributed by atoms with E-state index in [0.717, 1.165) is 40.6 Å². The lowest BCUT2D eigenvalue weighted by atomic mass is 9.79. The van der Waals surface area contributed by atoms with Gasteiger partial charge in [0.25, 0.3) is 5.56 Å². The molecule has 0 spiro atoms. The number of fused-ring (bicyclic) bond motifs is 1. The molecule has 2 atom stereocenters. The Morgan fingerprint density at radius 2 is 1.77 bits per heavy atom. The molecule has 0 aliphatic carbocycles. The van der Waals surface area contributed by atoms with Crippen molar-refractivity contribution >= 4 is 28.3 Å². The molecular weight excluding hydrogens is 681 g/mol. The summed E-state index contributed by atoms with van der Waals surface area (Å²) in [7, 11) is 0. The van der Waals surface area contributed by atoms with Crippen molar-refractivity contribution in [1.82, 2.24) is 38.9 Å². The zero-order valence-electron chi connectivity index (χ0n) is 28.4. The molecule has 1 aromatic carbocycles. The topological polar surface area (TPSA) is 162 Å². The number of nitrogens with one attached hydrogen (secondary N) is 2. The minimum atomic E-state index is -1.17. The number of pyridine rings is 2. The molecule has 0 radical (unpaired) electrons. The lowest BCUT2D eigenvalue weighted by Crippen LogP contribution is -2.53. The van der Waals surface area contributed by atoms with Gasteiger partial charge in [0.2, 0.25) is 17.0 Å². The van der Waals surface area contributed by atoms with Crippen LogP contribution in [-0.4, -0.2) is 81.7 Å². The van der Waals surface area contributed by atoms with E-state index < -0.39 is 5.60 Å². The molecule has 2 saturated heterocycles. The Morgan fingerprint density at radius 1 is 0.942 bits per heavy atom. The monoisotopic (exact) mass is 718 g/mol. The van der Waals surface area contributed by atoms with E-state index in [9.17, 15) is 24.3 Å². The van der Waals surface area contributed by atoms with Crippen molar-refractivity contribution in [2.75, 3.05) is 26.2 Å². The smallest absolute Gasteiger partial charge is 0.262 e. The predicted molar refractivity (Wildman–Crippen MR) is 197 cm³/mol. The number of carbonyl (C=O) groups is 1. The second-order valence-corrected chi connectivity index (χ2v) is 14.9. The van der Waals surface area contributed by atoms with Crippen LogP contribution in [0.15, 0.2) is 106 Å². The highest BCUT2D eigenvalue weighted by Crippen LogP contribution is 2.37. The second-order valence-electron chi connectivity index (χ2n) is 13.8. The van der Waals surface area contributed by atoms with Crippen LogP contribution in [-0.2, 0) is 17.9 Å². The molecule has 5 aromatic heterocycles. The number of nitrogens with zero attached hydrogens (tertiary/aromatic N) is 6. The van der Waals surface area contributed by atoms with Crippen LogP contribution in [0.1, 0.15) is 35.6 Å². The first-order valence-corrected chi connectivity index (χ1v) is 18.2. The third-order valence-electron chi connectivity index (χ3n) is 10.4. The maximum atomic E-state index is 14.2. The number of aliphatic hydroxyl groups is 1. The van der Waals surface area contributed by atoms with Crippen molar-refractivity contribution in [2.45, 2.75) is 43.9 Å². The molecule has 13 nitrogen and oxygen atoms in total. The lowest BCUT2D eigenvalue weighted by Gasteiger charge is -2.43. The molecule has 0 saturated carbocycles. The fourth-order valence-electron chi connectivity index (χ4n) is 7.57. The quantitative estimate of drug-likeness (QED) is 0.216. The summed E-state index contributed by atoms with van der Waals surface area (Å²) < 4.78 is 3.09. The van der Waals surface area contributed by atoms with Gasteiger partial charge in [-0.05, 0) is 49.6 Å². The maximum Gasteiger partial charge on any atom is 0.262 e. The third-order valence-corrected chi connectivity index (χ3v) is 11.4. The minimum Gasteiger partial charge on any atom is -0.388 e. The number of carbonyl (C=O) groups excluding carboxylic acids is 1. The van der Waals surface area contributed by atoms with Gasteiger partial charge in [0.1, 0.15) is 17.2 Å². The highest BCUT2D eigenvalue weighted by molar-refractivity contribution is 7.15. The highest BCUT2D eigenvalue weighted by atomic mass is 32.1. The first-order chi connectivity index (χ1) is 25.2. The van der Waals surface area contributed by atoms with E-state index in [0.29, 0.717) is 49.2 Å². The summed E-state index contributed by atoms with van der Waals surface area (Å²) >= 11 is 1.60. The van der Waals surface area contributed by atoms with Crippen LogP contribution in [0.2, 0.25) is 0 Å². The molecule has 3 N–H and O–H groups in total. The molecule has 0 unspecified atom stereocenters. The van der Waals surface area contributed by atoms with Gasteiger partial charge < -0.3 is 20.0 Å². The Bertz CT molecular complexity index is 2390. The number of hydrogen-bond donors (Lipinski definition) is 3. The van der Waals surface area contributed by atoms with Crippen LogP contribution in [0.3, 0.4) is 0 Å². The number of thiazole rings is 1. The molecule has 266 valence electrons. The lowest BCUT2D eigenvalue weighted by molar-refractivity contribution is -0.142. The summed E-state index contributed by atoms with van der Waals surface area (Å²) in [6.07, 6.45) is 8.09. The van der Waals surface area contributed by atoms with Crippen molar-refractivity contribution in [3.8, 4) is 16.4 Å². The first kappa shape index (κ1) is 33.7. The molecule has 6 aromatic rings. The Labute approximate surface area is 301 Å². The Kier molecular flexibility index (Phi) is 9.03. The van der Waals surface area contributed by atoms with Crippen molar-refractivity contribution in [3.05, 3.63) is 133 Å². The van der Waals surface area contributed by atoms with Gasteiger partial charge in [0.15, 0.2) is 5.65 Å². The Morgan fingerprint density at radius 3 is 2.54 bits per heavy atom. The number of likely N-dealkylation sites (tertiary alicyclic amines) is 2. The van der Waals surface area contributed by atoms with E-state index in [-0.39, 0.29) is 41.0 Å². The number of amides is 1. The molecule has 7 heterocycles. The van der Waals surface area contributed by atoms with E-state index in [1.165, 1.54) is 23.0 Å². The van der Waals surface area contributed by atoms with Gasteiger partial charge in [-0.2, -0.15) is 0 Å². The molecule has 52 heavy (non-hydrogen) atoms. The highest BCUT2D eigenvalue weighted by Gasteiger charge is 2.41. The van der Waals surface area contributed by atoms with Crippen LogP contribution in [0, 0.1) is 5.92 Å². The van der Waals surface area contributed by atoms with E-state index in [2.05, 4.69) is 37.0 Å². The van der Waals surface area contributed by atoms with Crippen molar-refractivity contribution in [1.29, 1.82) is 0 Å². The number of piperidine rings is 2. The third kappa shape index (κ3) is 6.79. The number of rotatable bonds is 8. The van der Waals surface area contributed by atoms with Crippen LogP contribution >= 0.6 is 11.3 Å². The van der Waals surface area contributed by atoms with Crippen LogP contribution < -0.4 is 16.7 Å². The fourth-order valence-corrected chi connectivity index (χ4v) is 8.52. The number of H-pyrrole nitrogens is 2. The molecule has 2 aliphatic rings. The minimum absolute atomic E-state index is 0.00671. The zero-order valence-corrected chi connectivity index (χ0v) is 29.2. The van der Waals surface area contributed by atoms with E-state index >= 15 is 0 Å². The summed E-state index contributed by atoms with van der Waals surface area (Å²) in [5.74, 6) is 0.419. The van der Waals surface area contributed by atoms with Crippen molar-refractivity contribution < 1.29 is 9.90 Å². The summed E-state index contributed by atoms with van der Waals surface area (Å²) in [6.45, 7) is 3.07. The molecule has 14 heteroatoms. The average molecular weight is 719 g/mol. The summed E-state index contributed by atoms with van der Waals surface area (Å²) in [4.78, 5) is 70.9. The number of aromatic amines is 2. The largest absolute Gasteiger partial charge is 0.388 e.